The zero-order valence-corrected chi connectivity index (χ0v) is 8.54. The van der Waals surface area contributed by atoms with Gasteiger partial charge in [-0.15, -0.1) is 0 Å². The molecule has 1 aromatic heterocycles. The lowest BCUT2D eigenvalue weighted by Crippen LogP contribution is -2.37. The number of Topliss-reactive ketones (excluding diaryl/α,β-unsaturated/α-hetero) is 1. The Morgan fingerprint density at radius 1 is 1.60 bits per heavy atom. The molecule has 0 atom stereocenters. The van der Waals surface area contributed by atoms with Gasteiger partial charge in [0.25, 0.3) is 0 Å². The number of alkyl halides is 2. The van der Waals surface area contributed by atoms with Gasteiger partial charge in [0, 0.05) is 32.5 Å². The molecule has 1 aliphatic carbocycles. The van der Waals surface area contributed by atoms with Gasteiger partial charge in [-0.25, -0.2) is 8.78 Å². The van der Waals surface area contributed by atoms with E-state index >= 15 is 0 Å². The van der Waals surface area contributed by atoms with Gasteiger partial charge in [0.2, 0.25) is 5.92 Å². The maximum Gasteiger partial charge on any atom is 0.248 e. The van der Waals surface area contributed by atoms with Crippen molar-refractivity contribution in [3.63, 3.8) is 0 Å². The van der Waals surface area contributed by atoms with Crippen LogP contribution in [0.1, 0.15) is 30.3 Å². The Morgan fingerprint density at radius 3 is 2.80 bits per heavy atom. The van der Waals surface area contributed by atoms with Crippen LogP contribution in [0.15, 0.2) is 18.3 Å². The van der Waals surface area contributed by atoms with E-state index in [1.165, 1.54) is 6.92 Å². The van der Waals surface area contributed by atoms with Crippen LogP contribution < -0.4 is 0 Å². The number of ketones is 1. The summed E-state index contributed by atoms with van der Waals surface area (Å²) in [5, 5.41) is 0. The van der Waals surface area contributed by atoms with E-state index in [-0.39, 0.29) is 24.5 Å². The first-order chi connectivity index (χ1) is 6.98. The number of carbonyl (C=O) groups excluding carboxylic acids is 1. The Morgan fingerprint density at radius 2 is 2.27 bits per heavy atom. The number of hydrogen-bond acceptors (Lipinski definition) is 1. The second-order valence-electron chi connectivity index (χ2n) is 4.23. The monoisotopic (exact) mass is 213 g/mol. The molecule has 2 rings (SSSR count). The fourth-order valence-electron chi connectivity index (χ4n) is 2.09. The molecule has 0 amide bonds. The largest absolute Gasteiger partial charge is 0.345 e. The van der Waals surface area contributed by atoms with Crippen LogP contribution in [0.4, 0.5) is 8.78 Å². The summed E-state index contributed by atoms with van der Waals surface area (Å²) in [7, 11) is 0. The number of rotatable bonds is 3. The van der Waals surface area contributed by atoms with Gasteiger partial charge >= 0.3 is 0 Å². The molecule has 0 spiro atoms. The van der Waals surface area contributed by atoms with Gasteiger partial charge in [-0.2, -0.15) is 0 Å². The van der Waals surface area contributed by atoms with Crippen molar-refractivity contribution in [3.05, 3.63) is 24.0 Å². The van der Waals surface area contributed by atoms with Gasteiger partial charge in [-0.1, -0.05) is 0 Å². The second-order valence-corrected chi connectivity index (χ2v) is 4.23. The molecule has 0 aliphatic heterocycles. The van der Waals surface area contributed by atoms with Crippen molar-refractivity contribution in [1.82, 2.24) is 4.57 Å². The summed E-state index contributed by atoms with van der Waals surface area (Å²) >= 11 is 0. The minimum Gasteiger partial charge on any atom is -0.345 e. The molecule has 2 nitrogen and oxygen atoms in total. The number of nitrogens with zero attached hydrogens (tertiary/aromatic N) is 1. The van der Waals surface area contributed by atoms with Gasteiger partial charge in [0.1, 0.15) is 0 Å². The zero-order valence-electron chi connectivity index (χ0n) is 8.54. The Kier molecular flexibility index (Phi) is 2.37. The van der Waals surface area contributed by atoms with Crippen LogP contribution in [0.2, 0.25) is 0 Å². The van der Waals surface area contributed by atoms with E-state index in [0.29, 0.717) is 12.2 Å². The molecule has 0 unspecified atom stereocenters. The van der Waals surface area contributed by atoms with Crippen molar-refractivity contribution >= 4 is 5.78 Å². The van der Waals surface area contributed by atoms with Crippen molar-refractivity contribution in [2.24, 2.45) is 5.92 Å². The van der Waals surface area contributed by atoms with Crippen LogP contribution in [0.3, 0.4) is 0 Å². The predicted molar refractivity (Wildman–Crippen MR) is 52.1 cm³/mol. The predicted octanol–water partition coefficient (Wildman–Crippen LogP) is 2.74. The molecule has 1 heterocycles. The Labute approximate surface area is 86.9 Å². The Hall–Kier alpha value is -1.19. The first-order valence-corrected chi connectivity index (χ1v) is 5.02. The van der Waals surface area contributed by atoms with Gasteiger partial charge in [0.05, 0.1) is 5.69 Å². The van der Waals surface area contributed by atoms with E-state index in [2.05, 4.69) is 0 Å². The molecule has 1 fully saturated rings. The second kappa shape index (κ2) is 3.43. The van der Waals surface area contributed by atoms with Crippen LogP contribution in [-0.4, -0.2) is 16.3 Å². The molecular formula is C11H13F2NO. The molecule has 0 aromatic carbocycles. The molecule has 0 radical (unpaired) electrons. The molecule has 1 saturated carbocycles. The third kappa shape index (κ3) is 2.08. The van der Waals surface area contributed by atoms with Crippen molar-refractivity contribution in [1.29, 1.82) is 0 Å². The third-order valence-electron chi connectivity index (χ3n) is 2.82. The minimum atomic E-state index is -2.48. The van der Waals surface area contributed by atoms with E-state index in [1.54, 1.807) is 22.9 Å². The van der Waals surface area contributed by atoms with Crippen molar-refractivity contribution in [2.45, 2.75) is 32.2 Å². The number of aromatic nitrogens is 1. The molecule has 1 aliphatic rings. The number of halogens is 2. The maximum absolute atomic E-state index is 12.6. The fourth-order valence-corrected chi connectivity index (χ4v) is 2.09. The van der Waals surface area contributed by atoms with Crippen molar-refractivity contribution in [3.8, 4) is 0 Å². The lowest BCUT2D eigenvalue weighted by molar-refractivity contribution is -0.114. The first kappa shape index (κ1) is 10.3. The lowest BCUT2D eigenvalue weighted by Gasteiger charge is -2.35. The van der Waals surface area contributed by atoms with E-state index in [1.807, 2.05) is 0 Å². The van der Waals surface area contributed by atoms with Crippen LogP contribution in [-0.2, 0) is 6.54 Å². The van der Waals surface area contributed by atoms with E-state index in [0.717, 1.165) is 0 Å². The first-order valence-electron chi connectivity index (χ1n) is 5.02. The Balaban J connectivity index is 2.00. The normalized spacial score (nSPS) is 19.9. The highest BCUT2D eigenvalue weighted by Gasteiger charge is 2.45. The van der Waals surface area contributed by atoms with Crippen LogP contribution >= 0.6 is 0 Å². The topological polar surface area (TPSA) is 22.0 Å². The summed E-state index contributed by atoms with van der Waals surface area (Å²) in [5.74, 6) is -2.50. The molecule has 0 bridgehead atoms. The summed E-state index contributed by atoms with van der Waals surface area (Å²) < 4.78 is 27.0. The standard InChI is InChI=1S/C11H13F2NO/c1-8(15)10-3-2-4-14(10)7-9-5-11(12,13)6-9/h2-4,9H,5-7H2,1H3. The number of carbonyl (C=O) groups is 1. The average molecular weight is 213 g/mol. The van der Waals surface area contributed by atoms with Gasteiger partial charge in [0.15, 0.2) is 5.78 Å². The number of hydrogen-bond donors (Lipinski definition) is 0. The fraction of sp³-hybridized carbons (Fsp3) is 0.545. The van der Waals surface area contributed by atoms with Gasteiger partial charge in [-0.3, -0.25) is 4.79 Å². The summed E-state index contributed by atoms with van der Waals surface area (Å²) in [6.07, 6.45) is 1.66. The highest BCUT2D eigenvalue weighted by Crippen LogP contribution is 2.43. The molecule has 1 aromatic rings. The average Bonchev–Trinajstić information content (AvgIpc) is 2.48. The minimum absolute atomic E-state index is 0.00509. The smallest absolute Gasteiger partial charge is 0.248 e. The SMILES string of the molecule is CC(=O)c1cccn1CC1CC(F)(F)C1. The Bertz CT molecular complexity index is 376. The van der Waals surface area contributed by atoms with Gasteiger partial charge < -0.3 is 4.57 Å². The van der Waals surface area contributed by atoms with E-state index < -0.39 is 5.92 Å². The molecule has 4 heteroatoms. The zero-order chi connectivity index (χ0) is 11.1. The van der Waals surface area contributed by atoms with E-state index in [4.69, 9.17) is 0 Å². The highest BCUT2D eigenvalue weighted by atomic mass is 19.3. The maximum atomic E-state index is 12.6. The highest BCUT2D eigenvalue weighted by molar-refractivity contribution is 5.92. The quantitative estimate of drug-likeness (QED) is 0.707. The molecular weight excluding hydrogens is 200 g/mol. The summed E-state index contributed by atoms with van der Waals surface area (Å²) in [6, 6.07) is 3.49. The third-order valence-corrected chi connectivity index (χ3v) is 2.82. The molecule has 0 N–H and O–H groups in total. The van der Waals surface area contributed by atoms with Crippen molar-refractivity contribution in [2.75, 3.05) is 0 Å². The van der Waals surface area contributed by atoms with Crippen LogP contribution in [0.25, 0.3) is 0 Å². The van der Waals surface area contributed by atoms with Gasteiger partial charge in [-0.05, 0) is 18.1 Å². The van der Waals surface area contributed by atoms with Crippen LogP contribution in [0.5, 0.6) is 0 Å². The van der Waals surface area contributed by atoms with Crippen molar-refractivity contribution < 1.29 is 13.6 Å². The lowest BCUT2D eigenvalue weighted by atomic mass is 9.81. The molecule has 0 saturated heterocycles. The summed E-state index contributed by atoms with van der Waals surface area (Å²) in [6.45, 7) is 2.01. The summed E-state index contributed by atoms with van der Waals surface area (Å²) in [5.41, 5.74) is 0.602. The summed E-state index contributed by atoms with van der Waals surface area (Å²) in [4.78, 5) is 11.2. The molecule has 82 valence electrons. The molecule has 15 heavy (non-hydrogen) atoms. The van der Waals surface area contributed by atoms with E-state index in [9.17, 15) is 13.6 Å². The van der Waals surface area contributed by atoms with Crippen LogP contribution in [0, 0.1) is 5.92 Å².